The van der Waals surface area contributed by atoms with Gasteiger partial charge in [-0.3, -0.25) is 9.69 Å². The van der Waals surface area contributed by atoms with Crippen LogP contribution in [0.5, 0.6) is 5.75 Å². The van der Waals surface area contributed by atoms with Crippen LogP contribution in [-0.2, 0) is 11.3 Å². The predicted octanol–water partition coefficient (Wildman–Crippen LogP) is 1.81. The number of hydrogen-bond acceptors (Lipinski definition) is 4. The largest absolute Gasteiger partial charge is 0.491 e. The zero-order chi connectivity index (χ0) is 18.1. The van der Waals surface area contributed by atoms with Crippen molar-refractivity contribution in [2.24, 2.45) is 0 Å². The summed E-state index contributed by atoms with van der Waals surface area (Å²) in [7, 11) is 1.86. The summed E-state index contributed by atoms with van der Waals surface area (Å²) in [6.07, 6.45) is -0.839. The molecule has 0 saturated carbocycles. The molecule has 134 valence electrons. The first-order valence-electron chi connectivity index (χ1n) is 8.08. The molecule has 0 fully saturated rings. The Morgan fingerprint density at radius 3 is 2.56 bits per heavy atom. The maximum absolute atomic E-state index is 12.8. The van der Waals surface area contributed by atoms with E-state index in [1.807, 2.05) is 42.3 Å². The number of nitrogens with zero attached hydrogens (tertiary/aromatic N) is 1. The highest BCUT2D eigenvalue weighted by Gasteiger charge is 2.10. The Morgan fingerprint density at radius 1 is 1.20 bits per heavy atom. The van der Waals surface area contributed by atoms with Gasteiger partial charge >= 0.3 is 0 Å². The van der Waals surface area contributed by atoms with E-state index in [0.29, 0.717) is 12.3 Å². The van der Waals surface area contributed by atoms with Crippen molar-refractivity contribution in [1.29, 1.82) is 0 Å². The molecule has 0 heterocycles. The topological polar surface area (TPSA) is 61.8 Å². The van der Waals surface area contributed by atoms with Gasteiger partial charge in [-0.2, -0.15) is 0 Å². The van der Waals surface area contributed by atoms with Gasteiger partial charge in [0.25, 0.3) is 0 Å². The van der Waals surface area contributed by atoms with Crippen LogP contribution in [0.25, 0.3) is 0 Å². The number of aliphatic hydroxyl groups is 1. The third-order valence-electron chi connectivity index (χ3n) is 3.50. The minimum atomic E-state index is -0.839. The fourth-order valence-corrected chi connectivity index (χ4v) is 2.27. The Labute approximate surface area is 147 Å². The lowest BCUT2D eigenvalue weighted by molar-refractivity contribution is -0.122. The number of nitrogens with one attached hydrogen (secondary N) is 1. The Hall–Kier alpha value is -2.44. The summed E-state index contributed by atoms with van der Waals surface area (Å²) in [6.45, 7) is 1.02. The first-order valence-corrected chi connectivity index (χ1v) is 8.08. The second kappa shape index (κ2) is 9.76. The molecule has 0 saturated heterocycles. The second-order valence-electron chi connectivity index (χ2n) is 5.88. The third kappa shape index (κ3) is 7.32. The Kier molecular flexibility index (Phi) is 7.37. The van der Waals surface area contributed by atoms with Crippen LogP contribution in [0.15, 0.2) is 54.6 Å². The van der Waals surface area contributed by atoms with Crippen LogP contribution < -0.4 is 10.1 Å². The van der Waals surface area contributed by atoms with Gasteiger partial charge in [0.15, 0.2) is 0 Å². The monoisotopic (exact) mass is 346 g/mol. The van der Waals surface area contributed by atoms with Crippen LogP contribution >= 0.6 is 0 Å². The molecule has 2 rings (SSSR count). The van der Waals surface area contributed by atoms with E-state index in [9.17, 15) is 14.3 Å². The number of aliphatic hydroxyl groups excluding tert-OH is 1. The minimum Gasteiger partial charge on any atom is -0.491 e. The average Bonchev–Trinajstić information content (AvgIpc) is 2.60. The lowest BCUT2D eigenvalue weighted by Crippen LogP contribution is -2.40. The normalized spacial score (nSPS) is 12.0. The van der Waals surface area contributed by atoms with Crippen LogP contribution in [-0.4, -0.2) is 48.8 Å². The standard InChI is InChI=1S/C19H23FN2O3/c1-22(12-15-5-3-2-4-6-15)13-19(24)21-11-17(23)14-25-18-9-7-16(20)8-10-18/h2-10,17,23H,11-14H2,1H3,(H,21,24). The molecule has 0 bridgehead atoms. The molecule has 25 heavy (non-hydrogen) atoms. The van der Waals surface area contributed by atoms with Gasteiger partial charge < -0.3 is 15.2 Å². The number of rotatable bonds is 9. The van der Waals surface area contributed by atoms with Gasteiger partial charge in [-0.1, -0.05) is 30.3 Å². The van der Waals surface area contributed by atoms with Gasteiger partial charge in [0.05, 0.1) is 6.54 Å². The molecule has 0 aliphatic carbocycles. The van der Waals surface area contributed by atoms with Crippen molar-refractivity contribution in [3.05, 3.63) is 66.0 Å². The molecule has 6 heteroatoms. The SMILES string of the molecule is CN(CC(=O)NCC(O)COc1ccc(F)cc1)Cc1ccccc1. The maximum Gasteiger partial charge on any atom is 0.234 e. The highest BCUT2D eigenvalue weighted by Crippen LogP contribution is 2.11. The van der Waals surface area contributed by atoms with E-state index in [1.54, 1.807) is 0 Å². The molecule has 0 aliphatic heterocycles. The second-order valence-corrected chi connectivity index (χ2v) is 5.88. The number of hydrogen-bond donors (Lipinski definition) is 2. The molecule has 2 aromatic carbocycles. The molecular weight excluding hydrogens is 323 g/mol. The maximum atomic E-state index is 12.8. The summed E-state index contributed by atoms with van der Waals surface area (Å²) in [5.41, 5.74) is 1.13. The highest BCUT2D eigenvalue weighted by molar-refractivity contribution is 5.77. The number of carbonyl (C=O) groups is 1. The lowest BCUT2D eigenvalue weighted by atomic mass is 10.2. The van der Waals surface area contributed by atoms with Crippen molar-refractivity contribution in [3.8, 4) is 5.75 Å². The molecule has 0 spiro atoms. The van der Waals surface area contributed by atoms with E-state index in [1.165, 1.54) is 24.3 Å². The van der Waals surface area contributed by atoms with E-state index < -0.39 is 6.10 Å². The first-order chi connectivity index (χ1) is 12.0. The molecule has 1 unspecified atom stereocenters. The average molecular weight is 346 g/mol. The number of halogens is 1. The van der Waals surface area contributed by atoms with Gasteiger partial charge in [0.2, 0.25) is 5.91 Å². The van der Waals surface area contributed by atoms with Gasteiger partial charge in [-0.05, 0) is 36.9 Å². The molecule has 5 nitrogen and oxygen atoms in total. The van der Waals surface area contributed by atoms with Gasteiger partial charge in [0.1, 0.15) is 24.3 Å². The van der Waals surface area contributed by atoms with Crippen LogP contribution in [0.4, 0.5) is 4.39 Å². The highest BCUT2D eigenvalue weighted by atomic mass is 19.1. The molecule has 1 amide bonds. The molecule has 2 N–H and O–H groups in total. The number of benzene rings is 2. The molecule has 1 atom stereocenters. The Balaban J connectivity index is 1.64. The summed E-state index contributed by atoms with van der Waals surface area (Å²) in [5, 5.41) is 12.5. The van der Waals surface area contributed by atoms with Gasteiger partial charge in [-0.15, -0.1) is 0 Å². The minimum absolute atomic E-state index is 0.0196. The number of ether oxygens (including phenoxy) is 1. The van der Waals surface area contributed by atoms with Crippen LogP contribution in [0.1, 0.15) is 5.56 Å². The van der Waals surface area contributed by atoms with Crippen LogP contribution in [0, 0.1) is 5.82 Å². The van der Waals surface area contributed by atoms with Crippen molar-refractivity contribution in [2.75, 3.05) is 26.7 Å². The quantitative estimate of drug-likeness (QED) is 0.727. The molecule has 0 radical (unpaired) electrons. The zero-order valence-corrected chi connectivity index (χ0v) is 14.2. The van der Waals surface area contributed by atoms with E-state index in [2.05, 4.69) is 5.32 Å². The molecule has 0 aromatic heterocycles. The van der Waals surface area contributed by atoms with Gasteiger partial charge in [-0.25, -0.2) is 4.39 Å². The van der Waals surface area contributed by atoms with Crippen LogP contribution in [0.2, 0.25) is 0 Å². The molecular formula is C19H23FN2O3. The molecule has 0 aliphatic rings. The Morgan fingerprint density at radius 2 is 1.88 bits per heavy atom. The summed E-state index contributed by atoms with van der Waals surface area (Å²) in [5.74, 6) is -0.0478. The summed E-state index contributed by atoms with van der Waals surface area (Å²) < 4.78 is 18.1. The van der Waals surface area contributed by atoms with Crippen molar-refractivity contribution in [3.63, 3.8) is 0 Å². The summed E-state index contributed by atoms with van der Waals surface area (Å²) in [6, 6.07) is 15.4. The number of likely N-dealkylation sites (N-methyl/N-ethyl adjacent to an activating group) is 1. The van der Waals surface area contributed by atoms with Crippen molar-refractivity contribution < 1.29 is 19.0 Å². The fourth-order valence-electron chi connectivity index (χ4n) is 2.27. The first kappa shape index (κ1) is 18.9. The number of carbonyl (C=O) groups excluding carboxylic acids is 1. The fraction of sp³-hybridized carbons (Fsp3) is 0.316. The van der Waals surface area contributed by atoms with Crippen molar-refractivity contribution in [1.82, 2.24) is 10.2 Å². The summed E-state index contributed by atoms with van der Waals surface area (Å²) >= 11 is 0. The van der Waals surface area contributed by atoms with E-state index in [4.69, 9.17) is 4.74 Å². The summed E-state index contributed by atoms with van der Waals surface area (Å²) in [4.78, 5) is 13.8. The molecule has 2 aromatic rings. The zero-order valence-electron chi connectivity index (χ0n) is 14.2. The van der Waals surface area contributed by atoms with E-state index in [0.717, 1.165) is 5.56 Å². The van der Waals surface area contributed by atoms with Crippen molar-refractivity contribution >= 4 is 5.91 Å². The van der Waals surface area contributed by atoms with E-state index >= 15 is 0 Å². The third-order valence-corrected chi connectivity index (χ3v) is 3.50. The van der Waals surface area contributed by atoms with Crippen LogP contribution in [0.3, 0.4) is 0 Å². The Bertz CT molecular complexity index is 649. The lowest BCUT2D eigenvalue weighted by Gasteiger charge is -2.17. The number of amides is 1. The van der Waals surface area contributed by atoms with Gasteiger partial charge in [0, 0.05) is 13.1 Å². The van der Waals surface area contributed by atoms with Crippen molar-refractivity contribution in [2.45, 2.75) is 12.6 Å². The van der Waals surface area contributed by atoms with E-state index in [-0.39, 0.29) is 31.4 Å². The smallest absolute Gasteiger partial charge is 0.234 e. The predicted molar refractivity (Wildman–Crippen MR) is 93.7 cm³/mol.